The maximum absolute atomic E-state index is 5.47. The lowest BCUT2D eigenvalue weighted by Crippen LogP contribution is -2.43. The summed E-state index contributed by atoms with van der Waals surface area (Å²) in [6.45, 7) is 4.59. The van der Waals surface area contributed by atoms with Gasteiger partial charge in [0.25, 0.3) is 0 Å². The van der Waals surface area contributed by atoms with Gasteiger partial charge in [-0.25, -0.2) is 0 Å². The van der Waals surface area contributed by atoms with Gasteiger partial charge in [-0.05, 0) is 50.0 Å². The van der Waals surface area contributed by atoms with E-state index >= 15 is 0 Å². The standard InChI is InChI=1S/C15H21BrN2O.ClH/c1-19-15-3-2-13(16)8-12(15)10-18-7-5-14-11(9-18)4-6-17-14;/h2-3,8,11,14,17H,4-7,9-10H2,1H3;1H. The molecule has 3 rings (SSSR count). The molecule has 0 aliphatic carbocycles. The Morgan fingerprint density at radius 2 is 2.25 bits per heavy atom. The second-order valence-corrected chi connectivity index (χ2v) is 6.51. The zero-order chi connectivity index (χ0) is 13.2. The Hall–Kier alpha value is -0.290. The van der Waals surface area contributed by atoms with Crippen molar-refractivity contribution in [3.8, 4) is 5.75 Å². The summed E-state index contributed by atoms with van der Waals surface area (Å²) in [5.74, 6) is 1.83. The van der Waals surface area contributed by atoms with Crippen LogP contribution >= 0.6 is 28.3 Å². The normalized spacial score (nSPS) is 25.9. The first kappa shape index (κ1) is 16.1. The van der Waals surface area contributed by atoms with Gasteiger partial charge in [-0.15, -0.1) is 12.4 Å². The lowest BCUT2D eigenvalue weighted by Gasteiger charge is -2.35. The van der Waals surface area contributed by atoms with E-state index in [1.54, 1.807) is 7.11 Å². The first-order valence-electron chi connectivity index (χ1n) is 7.04. The van der Waals surface area contributed by atoms with Gasteiger partial charge in [-0.1, -0.05) is 15.9 Å². The summed E-state index contributed by atoms with van der Waals surface area (Å²) in [5.41, 5.74) is 1.28. The number of rotatable bonds is 3. The highest BCUT2D eigenvalue weighted by molar-refractivity contribution is 9.10. The Kier molecular flexibility index (Phi) is 5.73. The summed E-state index contributed by atoms with van der Waals surface area (Å²) in [7, 11) is 1.75. The van der Waals surface area contributed by atoms with Crippen molar-refractivity contribution in [2.75, 3.05) is 26.7 Å². The predicted octanol–water partition coefficient (Wildman–Crippen LogP) is 3.06. The summed E-state index contributed by atoms with van der Waals surface area (Å²) in [6, 6.07) is 7.02. The number of nitrogens with one attached hydrogen (secondary N) is 1. The molecular formula is C15H22BrClN2O. The highest BCUT2D eigenvalue weighted by atomic mass is 79.9. The monoisotopic (exact) mass is 360 g/mol. The van der Waals surface area contributed by atoms with E-state index in [-0.39, 0.29) is 12.4 Å². The van der Waals surface area contributed by atoms with E-state index in [0.29, 0.717) is 0 Å². The van der Waals surface area contributed by atoms with E-state index < -0.39 is 0 Å². The Morgan fingerprint density at radius 1 is 1.40 bits per heavy atom. The minimum Gasteiger partial charge on any atom is -0.496 e. The van der Waals surface area contributed by atoms with Gasteiger partial charge in [-0.3, -0.25) is 4.90 Å². The summed E-state index contributed by atoms with van der Waals surface area (Å²) in [6.07, 6.45) is 2.61. The van der Waals surface area contributed by atoms with Gasteiger partial charge in [-0.2, -0.15) is 0 Å². The molecule has 2 aliphatic heterocycles. The number of hydrogen-bond acceptors (Lipinski definition) is 3. The van der Waals surface area contributed by atoms with Gasteiger partial charge >= 0.3 is 0 Å². The molecule has 2 unspecified atom stereocenters. The molecular weight excluding hydrogens is 340 g/mol. The first-order chi connectivity index (χ1) is 9.26. The van der Waals surface area contributed by atoms with Crippen LogP contribution in [0.25, 0.3) is 0 Å². The Labute approximate surface area is 135 Å². The van der Waals surface area contributed by atoms with E-state index in [1.165, 1.54) is 38.0 Å². The van der Waals surface area contributed by atoms with Crippen molar-refractivity contribution < 1.29 is 4.74 Å². The second kappa shape index (κ2) is 7.12. The first-order valence-corrected chi connectivity index (χ1v) is 7.83. The fraction of sp³-hybridized carbons (Fsp3) is 0.600. The molecule has 0 radical (unpaired) electrons. The van der Waals surface area contributed by atoms with E-state index in [2.05, 4.69) is 32.2 Å². The van der Waals surface area contributed by atoms with Gasteiger partial charge in [0, 0.05) is 29.2 Å². The number of methoxy groups -OCH3 is 1. The molecule has 3 nitrogen and oxygen atoms in total. The zero-order valence-electron chi connectivity index (χ0n) is 11.8. The molecule has 2 heterocycles. The third-order valence-corrected chi connectivity index (χ3v) is 4.87. The predicted molar refractivity (Wildman–Crippen MR) is 87.7 cm³/mol. The summed E-state index contributed by atoms with van der Waals surface area (Å²) in [5, 5.41) is 3.62. The third-order valence-electron chi connectivity index (χ3n) is 4.38. The smallest absolute Gasteiger partial charge is 0.123 e. The van der Waals surface area contributed by atoms with Crippen molar-refractivity contribution in [3.05, 3.63) is 28.2 Å². The van der Waals surface area contributed by atoms with Crippen LogP contribution in [-0.4, -0.2) is 37.7 Å². The molecule has 0 spiro atoms. The number of halogens is 2. The Balaban J connectivity index is 0.00000147. The van der Waals surface area contributed by atoms with E-state index in [4.69, 9.17) is 4.74 Å². The average molecular weight is 362 g/mol. The molecule has 1 aromatic rings. The molecule has 1 N–H and O–H groups in total. The van der Waals surface area contributed by atoms with Gasteiger partial charge in [0.1, 0.15) is 5.75 Å². The highest BCUT2D eigenvalue weighted by Gasteiger charge is 2.32. The number of likely N-dealkylation sites (tertiary alicyclic amines) is 1. The fourth-order valence-electron chi connectivity index (χ4n) is 3.38. The van der Waals surface area contributed by atoms with Crippen molar-refractivity contribution in [3.63, 3.8) is 0 Å². The van der Waals surface area contributed by atoms with Crippen molar-refractivity contribution in [2.45, 2.75) is 25.4 Å². The number of ether oxygens (including phenoxy) is 1. The molecule has 2 saturated heterocycles. The molecule has 112 valence electrons. The van der Waals surface area contributed by atoms with Crippen LogP contribution < -0.4 is 10.1 Å². The lowest BCUT2D eigenvalue weighted by molar-refractivity contribution is 0.154. The third kappa shape index (κ3) is 3.48. The van der Waals surface area contributed by atoms with Crippen molar-refractivity contribution in [2.24, 2.45) is 5.92 Å². The Morgan fingerprint density at radius 3 is 3.05 bits per heavy atom. The van der Waals surface area contributed by atoms with Crippen molar-refractivity contribution in [1.29, 1.82) is 0 Å². The van der Waals surface area contributed by atoms with Crippen molar-refractivity contribution in [1.82, 2.24) is 10.2 Å². The number of hydrogen-bond donors (Lipinski definition) is 1. The molecule has 2 fully saturated rings. The maximum atomic E-state index is 5.47. The molecule has 5 heteroatoms. The van der Waals surface area contributed by atoms with Gasteiger partial charge in [0.15, 0.2) is 0 Å². The molecule has 0 saturated carbocycles. The van der Waals surface area contributed by atoms with Gasteiger partial charge < -0.3 is 10.1 Å². The molecule has 2 atom stereocenters. The van der Waals surface area contributed by atoms with Crippen LogP contribution in [0, 0.1) is 5.92 Å². The van der Waals surface area contributed by atoms with Crippen LogP contribution in [-0.2, 0) is 6.54 Å². The zero-order valence-corrected chi connectivity index (χ0v) is 14.2. The number of piperidine rings is 1. The summed E-state index contributed by atoms with van der Waals surface area (Å²) >= 11 is 3.55. The molecule has 0 bridgehead atoms. The quantitative estimate of drug-likeness (QED) is 0.895. The summed E-state index contributed by atoms with van der Waals surface area (Å²) < 4.78 is 6.59. The topological polar surface area (TPSA) is 24.5 Å². The Bertz CT molecular complexity index is 457. The van der Waals surface area contributed by atoms with Crippen LogP contribution in [0.1, 0.15) is 18.4 Å². The number of fused-ring (bicyclic) bond motifs is 1. The minimum atomic E-state index is 0. The SMILES string of the molecule is COc1ccc(Br)cc1CN1CCC2NCCC2C1.Cl. The number of benzene rings is 1. The van der Waals surface area contributed by atoms with E-state index in [1.807, 2.05) is 12.1 Å². The molecule has 20 heavy (non-hydrogen) atoms. The molecule has 0 aromatic heterocycles. The average Bonchev–Trinajstić information content (AvgIpc) is 2.86. The van der Waals surface area contributed by atoms with Crippen LogP contribution in [0.15, 0.2) is 22.7 Å². The summed E-state index contributed by atoms with van der Waals surface area (Å²) in [4.78, 5) is 2.57. The highest BCUT2D eigenvalue weighted by Crippen LogP contribution is 2.29. The van der Waals surface area contributed by atoms with E-state index in [9.17, 15) is 0 Å². The number of nitrogens with zero attached hydrogens (tertiary/aromatic N) is 1. The van der Waals surface area contributed by atoms with Gasteiger partial charge in [0.05, 0.1) is 7.11 Å². The molecule has 0 amide bonds. The van der Waals surface area contributed by atoms with Crippen LogP contribution in [0.5, 0.6) is 5.75 Å². The van der Waals surface area contributed by atoms with Gasteiger partial charge in [0.2, 0.25) is 0 Å². The largest absolute Gasteiger partial charge is 0.496 e. The molecule has 1 aromatic carbocycles. The maximum Gasteiger partial charge on any atom is 0.123 e. The van der Waals surface area contributed by atoms with E-state index in [0.717, 1.165) is 28.7 Å². The van der Waals surface area contributed by atoms with Crippen molar-refractivity contribution >= 4 is 28.3 Å². The fourth-order valence-corrected chi connectivity index (χ4v) is 3.79. The lowest BCUT2D eigenvalue weighted by atomic mass is 9.93. The van der Waals surface area contributed by atoms with Crippen LogP contribution in [0.2, 0.25) is 0 Å². The van der Waals surface area contributed by atoms with Crippen LogP contribution in [0.4, 0.5) is 0 Å². The second-order valence-electron chi connectivity index (χ2n) is 5.59. The molecule has 2 aliphatic rings. The minimum absolute atomic E-state index is 0. The van der Waals surface area contributed by atoms with Crippen LogP contribution in [0.3, 0.4) is 0 Å².